The van der Waals surface area contributed by atoms with Gasteiger partial charge in [-0.1, -0.05) is 83.3 Å². The summed E-state index contributed by atoms with van der Waals surface area (Å²) >= 11 is 0. The standard InChI is InChI=1S/C22H41NO6S.Na/c1-2-3-4-5-6-7-8-9-10-11-12-13-14-15-16-17-18-22(21(25)26,19-20(23)24)30(27,28)29;/h9-10H,2-8,11-19H2,1H3,(H2,23,24)(H,25,26)(H,27,28,29);/q;+1/p-1/b10-9-;. The van der Waals surface area contributed by atoms with E-state index in [4.69, 9.17) is 5.73 Å². The van der Waals surface area contributed by atoms with Crippen molar-refractivity contribution in [1.29, 1.82) is 0 Å². The molecule has 0 spiro atoms. The average Bonchev–Trinajstić information content (AvgIpc) is 2.65. The van der Waals surface area contributed by atoms with Crippen LogP contribution in [0.1, 0.15) is 110 Å². The fraction of sp³-hybridized carbons (Fsp3) is 0.818. The zero-order chi connectivity index (χ0) is 22.9. The molecular formula is C22H40NNaO6S. The zero-order valence-electron chi connectivity index (χ0n) is 19.4. The van der Waals surface area contributed by atoms with Gasteiger partial charge in [-0.25, -0.2) is 0 Å². The Labute approximate surface area is 210 Å². The molecule has 0 saturated heterocycles. The van der Waals surface area contributed by atoms with Gasteiger partial charge in [0.05, 0.1) is 12.4 Å². The summed E-state index contributed by atoms with van der Waals surface area (Å²) in [6.07, 6.45) is 17.9. The first kappa shape index (κ1) is 32.8. The van der Waals surface area contributed by atoms with Gasteiger partial charge in [0, 0.05) is 0 Å². The number of unbranched alkanes of at least 4 members (excludes halogenated alkanes) is 12. The summed E-state index contributed by atoms with van der Waals surface area (Å²) in [5.74, 6) is -3.10. The molecule has 31 heavy (non-hydrogen) atoms. The number of hydrogen-bond donors (Lipinski definition) is 2. The number of carboxylic acid groups (broad SMARTS) is 1. The third-order valence-corrected chi connectivity index (χ3v) is 6.92. The number of carbonyl (C=O) groups excluding carboxylic acids is 2. The van der Waals surface area contributed by atoms with Crippen molar-refractivity contribution in [2.75, 3.05) is 0 Å². The zero-order valence-corrected chi connectivity index (χ0v) is 22.3. The molecule has 0 fully saturated rings. The summed E-state index contributed by atoms with van der Waals surface area (Å²) in [6, 6.07) is 0. The van der Waals surface area contributed by atoms with E-state index >= 15 is 0 Å². The van der Waals surface area contributed by atoms with Gasteiger partial charge in [-0.15, -0.1) is 0 Å². The van der Waals surface area contributed by atoms with Crippen LogP contribution in [0.2, 0.25) is 0 Å². The molecule has 0 rings (SSSR count). The minimum atomic E-state index is -5.01. The fourth-order valence-corrected chi connectivity index (χ4v) is 4.47. The van der Waals surface area contributed by atoms with Crippen LogP contribution in [-0.4, -0.2) is 29.6 Å². The van der Waals surface area contributed by atoms with Crippen molar-refractivity contribution >= 4 is 22.0 Å². The van der Waals surface area contributed by atoms with Crippen molar-refractivity contribution in [1.82, 2.24) is 0 Å². The van der Waals surface area contributed by atoms with Crippen LogP contribution in [0, 0.1) is 0 Å². The number of carboxylic acids is 1. The summed E-state index contributed by atoms with van der Waals surface area (Å²) in [7, 11) is -5.01. The maximum Gasteiger partial charge on any atom is 1.00 e. The van der Waals surface area contributed by atoms with Crippen molar-refractivity contribution < 1.29 is 57.2 Å². The van der Waals surface area contributed by atoms with Crippen LogP contribution in [0.5, 0.6) is 0 Å². The number of primary amides is 1. The molecule has 9 heteroatoms. The molecule has 0 aromatic rings. The van der Waals surface area contributed by atoms with Gasteiger partial charge in [0.1, 0.15) is 4.75 Å². The molecule has 0 saturated carbocycles. The molecule has 1 amide bonds. The number of allylic oxidation sites excluding steroid dienone is 2. The fourth-order valence-electron chi connectivity index (χ4n) is 3.53. The second-order valence-corrected chi connectivity index (χ2v) is 9.82. The van der Waals surface area contributed by atoms with E-state index < -0.39 is 39.6 Å². The minimum absolute atomic E-state index is 0. The van der Waals surface area contributed by atoms with Crippen LogP contribution in [0.3, 0.4) is 0 Å². The van der Waals surface area contributed by atoms with E-state index in [1.165, 1.54) is 38.5 Å². The molecule has 0 aliphatic rings. The Balaban J connectivity index is 0. The van der Waals surface area contributed by atoms with Crippen LogP contribution in [0.15, 0.2) is 12.2 Å². The van der Waals surface area contributed by atoms with E-state index in [0.29, 0.717) is 6.42 Å². The second kappa shape index (κ2) is 19.1. The normalized spacial score (nSPS) is 13.6. The number of nitrogens with two attached hydrogens (primary N) is 1. The molecule has 1 atom stereocenters. The Hall–Kier alpha value is -0.410. The molecular weight excluding hydrogens is 429 g/mol. The molecule has 176 valence electrons. The van der Waals surface area contributed by atoms with Gasteiger partial charge in [-0.05, 0) is 32.1 Å². The second-order valence-electron chi connectivity index (χ2n) is 8.09. The van der Waals surface area contributed by atoms with Crippen molar-refractivity contribution in [3.63, 3.8) is 0 Å². The third-order valence-electron chi connectivity index (χ3n) is 5.42. The Morgan fingerprint density at radius 1 is 0.871 bits per heavy atom. The van der Waals surface area contributed by atoms with Gasteiger partial charge in [0.15, 0.2) is 0 Å². The molecule has 0 aromatic carbocycles. The van der Waals surface area contributed by atoms with E-state index in [0.717, 1.165) is 38.5 Å². The van der Waals surface area contributed by atoms with Crippen molar-refractivity contribution in [2.45, 2.75) is 114 Å². The first-order chi connectivity index (χ1) is 14.2. The van der Waals surface area contributed by atoms with Crippen molar-refractivity contribution in [2.24, 2.45) is 5.73 Å². The molecule has 0 aliphatic carbocycles. The van der Waals surface area contributed by atoms with E-state index in [1.54, 1.807) is 0 Å². The van der Waals surface area contributed by atoms with E-state index in [1.807, 2.05) is 0 Å². The molecule has 1 unspecified atom stereocenters. The minimum Gasteiger partial charge on any atom is -0.548 e. The monoisotopic (exact) mass is 469 g/mol. The van der Waals surface area contributed by atoms with Crippen molar-refractivity contribution in [3.05, 3.63) is 12.2 Å². The molecule has 0 radical (unpaired) electrons. The number of amides is 1. The number of carbonyl (C=O) groups is 2. The largest absolute Gasteiger partial charge is 1.00 e. The molecule has 0 aromatic heterocycles. The smallest absolute Gasteiger partial charge is 0.548 e. The molecule has 7 nitrogen and oxygen atoms in total. The number of aliphatic carboxylic acids is 1. The average molecular weight is 470 g/mol. The SMILES string of the molecule is CCCCCCCC/C=C\CCCCCCCCC(CC(N)=O)(C(=O)[O-])S(=O)(=O)O.[Na+]. The number of rotatable bonds is 20. The van der Waals surface area contributed by atoms with E-state index in [9.17, 15) is 27.7 Å². The van der Waals surface area contributed by atoms with Gasteiger partial charge in [-0.3, -0.25) is 9.35 Å². The van der Waals surface area contributed by atoms with Crippen LogP contribution in [-0.2, 0) is 19.7 Å². The van der Waals surface area contributed by atoms with Crippen LogP contribution in [0.25, 0.3) is 0 Å². The Morgan fingerprint density at radius 3 is 1.68 bits per heavy atom. The predicted octanol–water partition coefficient (Wildman–Crippen LogP) is 0.670. The summed E-state index contributed by atoms with van der Waals surface area (Å²) in [4.78, 5) is 22.4. The van der Waals surface area contributed by atoms with Crippen LogP contribution >= 0.6 is 0 Å². The van der Waals surface area contributed by atoms with Crippen molar-refractivity contribution in [3.8, 4) is 0 Å². The molecule has 3 N–H and O–H groups in total. The van der Waals surface area contributed by atoms with Crippen LogP contribution < -0.4 is 40.4 Å². The number of hydrogen-bond acceptors (Lipinski definition) is 5. The van der Waals surface area contributed by atoms with E-state index in [2.05, 4.69) is 19.1 Å². The third kappa shape index (κ3) is 15.1. The Morgan fingerprint density at radius 2 is 1.29 bits per heavy atom. The maximum atomic E-state index is 11.5. The predicted molar refractivity (Wildman–Crippen MR) is 117 cm³/mol. The topological polar surface area (TPSA) is 138 Å². The van der Waals surface area contributed by atoms with Gasteiger partial charge in [0.25, 0.3) is 10.1 Å². The molecule has 0 bridgehead atoms. The first-order valence-electron chi connectivity index (χ1n) is 11.3. The Kier molecular flexibility index (Phi) is 20.2. The van der Waals surface area contributed by atoms with Gasteiger partial charge in [0.2, 0.25) is 5.91 Å². The summed E-state index contributed by atoms with van der Waals surface area (Å²) in [6.45, 7) is 2.22. The van der Waals surface area contributed by atoms with E-state index in [-0.39, 0.29) is 36.0 Å². The van der Waals surface area contributed by atoms with Gasteiger partial charge >= 0.3 is 29.6 Å². The first-order valence-corrected chi connectivity index (χ1v) is 12.7. The summed E-state index contributed by atoms with van der Waals surface area (Å²) in [5.41, 5.74) is 4.96. The maximum absolute atomic E-state index is 11.5. The van der Waals surface area contributed by atoms with Gasteiger partial charge < -0.3 is 15.6 Å². The van der Waals surface area contributed by atoms with Crippen LogP contribution in [0.4, 0.5) is 0 Å². The van der Waals surface area contributed by atoms with Gasteiger partial charge in [-0.2, -0.15) is 8.42 Å². The quantitative estimate of drug-likeness (QED) is 0.116. The summed E-state index contributed by atoms with van der Waals surface area (Å²) < 4.78 is 29.7. The molecule has 0 aliphatic heterocycles. The molecule has 0 heterocycles. The Bertz CT molecular complexity index is 623. The summed E-state index contributed by atoms with van der Waals surface area (Å²) in [5, 5.41) is 11.3.